The number of nitrogens with zero attached hydrogens (tertiary/aromatic N) is 2. The van der Waals surface area contributed by atoms with Crippen molar-refractivity contribution in [2.45, 2.75) is 56.7 Å². The minimum atomic E-state index is -2.69. The normalized spacial score (nSPS) is 19.6. The Hall–Kier alpha value is -2.05. The van der Waals surface area contributed by atoms with Crippen LogP contribution in [0.2, 0.25) is 0 Å². The highest BCUT2D eigenvalue weighted by molar-refractivity contribution is 5.62. The number of nitrogens with one attached hydrogen (secondary N) is 1. The van der Waals surface area contributed by atoms with Crippen LogP contribution in [0.4, 0.5) is 8.78 Å². The van der Waals surface area contributed by atoms with Crippen LogP contribution in [-0.4, -0.2) is 33.0 Å². The molecule has 2 aromatic rings. The second kappa shape index (κ2) is 7.90. The van der Waals surface area contributed by atoms with Crippen LogP contribution in [0.25, 0.3) is 11.1 Å². The molecule has 1 saturated carbocycles. The van der Waals surface area contributed by atoms with Crippen molar-refractivity contribution in [3.05, 3.63) is 54.9 Å². The molecule has 1 unspecified atom stereocenters. The molecule has 6 heteroatoms. The van der Waals surface area contributed by atoms with Crippen molar-refractivity contribution in [1.82, 2.24) is 15.1 Å². The lowest BCUT2D eigenvalue weighted by Gasteiger charge is -2.42. The van der Waals surface area contributed by atoms with Crippen molar-refractivity contribution >= 4 is 0 Å². The number of rotatable bonds is 7. The molecule has 1 atom stereocenters. The third-order valence-corrected chi connectivity index (χ3v) is 5.36. The standard InChI is InChI=1S/C21H27F2N3O/c1-3-12-24-19(20(27)8-10-21(22,23)11-9-20)17-7-5-6-16(13-17)18-14-25-26(4-2)15-18/h3,5-7,13-15,19,24,27H,1,4,8-12H2,2H3. The summed E-state index contributed by atoms with van der Waals surface area (Å²) in [5, 5.41) is 18.8. The van der Waals surface area contributed by atoms with Crippen molar-refractivity contribution in [3.8, 4) is 11.1 Å². The van der Waals surface area contributed by atoms with E-state index in [-0.39, 0.29) is 25.7 Å². The van der Waals surface area contributed by atoms with Crippen molar-refractivity contribution in [2.24, 2.45) is 0 Å². The van der Waals surface area contributed by atoms with Gasteiger partial charge in [0.1, 0.15) is 0 Å². The number of benzene rings is 1. The van der Waals surface area contributed by atoms with Gasteiger partial charge in [-0.3, -0.25) is 4.68 Å². The number of aromatic nitrogens is 2. The second-order valence-electron chi connectivity index (χ2n) is 7.30. The van der Waals surface area contributed by atoms with Gasteiger partial charge in [-0.25, -0.2) is 8.78 Å². The van der Waals surface area contributed by atoms with Gasteiger partial charge in [0.05, 0.1) is 17.8 Å². The molecule has 1 aliphatic rings. The maximum atomic E-state index is 13.6. The monoisotopic (exact) mass is 375 g/mol. The number of halogens is 2. The summed E-state index contributed by atoms with van der Waals surface area (Å²) in [5.74, 6) is -2.69. The molecule has 1 aromatic heterocycles. The number of hydrogen-bond acceptors (Lipinski definition) is 3. The van der Waals surface area contributed by atoms with Gasteiger partial charge in [0.2, 0.25) is 5.92 Å². The molecule has 0 saturated heterocycles. The van der Waals surface area contributed by atoms with Crippen molar-refractivity contribution in [3.63, 3.8) is 0 Å². The van der Waals surface area contributed by atoms with Gasteiger partial charge in [0.25, 0.3) is 0 Å². The summed E-state index contributed by atoms with van der Waals surface area (Å²) in [7, 11) is 0. The van der Waals surface area contributed by atoms with E-state index in [2.05, 4.69) is 17.0 Å². The third-order valence-electron chi connectivity index (χ3n) is 5.36. The molecule has 4 nitrogen and oxygen atoms in total. The molecule has 1 fully saturated rings. The quantitative estimate of drug-likeness (QED) is 0.709. The van der Waals surface area contributed by atoms with Crippen LogP contribution in [0.1, 0.15) is 44.2 Å². The average molecular weight is 375 g/mol. The zero-order valence-corrected chi connectivity index (χ0v) is 15.7. The van der Waals surface area contributed by atoms with Gasteiger partial charge in [-0.1, -0.05) is 24.3 Å². The van der Waals surface area contributed by atoms with Crippen LogP contribution >= 0.6 is 0 Å². The molecule has 27 heavy (non-hydrogen) atoms. The number of aliphatic hydroxyl groups is 1. The summed E-state index contributed by atoms with van der Waals surface area (Å²) in [6.07, 6.45) is 5.03. The summed E-state index contributed by atoms with van der Waals surface area (Å²) >= 11 is 0. The van der Waals surface area contributed by atoms with Crippen LogP contribution in [0.15, 0.2) is 49.3 Å². The largest absolute Gasteiger partial charge is 0.388 e. The summed E-state index contributed by atoms with van der Waals surface area (Å²) in [4.78, 5) is 0. The molecule has 0 amide bonds. The Morgan fingerprint density at radius 3 is 2.67 bits per heavy atom. The van der Waals surface area contributed by atoms with E-state index in [1.807, 2.05) is 48.3 Å². The minimum Gasteiger partial charge on any atom is -0.388 e. The van der Waals surface area contributed by atoms with E-state index in [1.165, 1.54) is 0 Å². The molecule has 0 aliphatic heterocycles. The first-order valence-electron chi connectivity index (χ1n) is 9.44. The highest BCUT2D eigenvalue weighted by Crippen LogP contribution is 2.44. The van der Waals surface area contributed by atoms with Gasteiger partial charge in [-0.15, -0.1) is 6.58 Å². The van der Waals surface area contributed by atoms with Crippen molar-refractivity contribution < 1.29 is 13.9 Å². The van der Waals surface area contributed by atoms with E-state index in [0.29, 0.717) is 6.54 Å². The first-order chi connectivity index (χ1) is 12.9. The maximum absolute atomic E-state index is 13.6. The first-order valence-corrected chi connectivity index (χ1v) is 9.44. The molecule has 1 aliphatic carbocycles. The van der Waals surface area contributed by atoms with Gasteiger partial charge < -0.3 is 10.4 Å². The molecule has 2 N–H and O–H groups in total. The lowest BCUT2D eigenvalue weighted by molar-refractivity contribution is -0.117. The third kappa shape index (κ3) is 4.45. The van der Waals surface area contributed by atoms with Crippen molar-refractivity contribution in [1.29, 1.82) is 0 Å². The Kier molecular flexibility index (Phi) is 5.77. The highest BCUT2D eigenvalue weighted by Gasteiger charge is 2.46. The van der Waals surface area contributed by atoms with Crippen LogP contribution in [0.3, 0.4) is 0 Å². The number of aryl methyl sites for hydroxylation is 1. The Balaban J connectivity index is 1.91. The first kappa shape index (κ1) is 19.7. The SMILES string of the molecule is C=CCNC(c1cccc(-c2cnn(CC)c2)c1)C1(O)CCC(F)(F)CC1. The topological polar surface area (TPSA) is 50.1 Å². The summed E-state index contributed by atoms with van der Waals surface area (Å²) < 4.78 is 29.1. The Bertz CT molecular complexity index is 777. The van der Waals surface area contributed by atoms with Gasteiger partial charge in [0, 0.05) is 37.7 Å². The fourth-order valence-electron chi connectivity index (χ4n) is 3.74. The molecular weight excluding hydrogens is 348 g/mol. The second-order valence-corrected chi connectivity index (χ2v) is 7.30. The smallest absolute Gasteiger partial charge is 0.248 e. The fraction of sp³-hybridized carbons (Fsp3) is 0.476. The Morgan fingerprint density at radius 1 is 1.30 bits per heavy atom. The Labute approximate surface area is 158 Å². The molecule has 0 spiro atoms. The van der Waals surface area contributed by atoms with E-state index in [0.717, 1.165) is 23.2 Å². The van der Waals surface area contributed by atoms with Gasteiger partial charge in [-0.05, 0) is 37.0 Å². The maximum Gasteiger partial charge on any atom is 0.248 e. The van der Waals surface area contributed by atoms with Crippen molar-refractivity contribution in [2.75, 3.05) is 6.54 Å². The van der Waals surface area contributed by atoms with Gasteiger partial charge in [0.15, 0.2) is 0 Å². The van der Waals surface area contributed by atoms with Crippen LogP contribution in [0, 0.1) is 0 Å². The molecule has 146 valence electrons. The molecular formula is C21H27F2N3O. The van der Waals surface area contributed by atoms with E-state index < -0.39 is 17.6 Å². The highest BCUT2D eigenvalue weighted by atomic mass is 19.3. The van der Waals surface area contributed by atoms with Gasteiger partial charge in [-0.2, -0.15) is 5.10 Å². The van der Waals surface area contributed by atoms with Crippen LogP contribution in [-0.2, 0) is 6.54 Å². The van der Waals surface area contributed by atoms with Gasteiger partial charge >= 0.3 is 0 Å². The zero-order chi connectivity index (χ0) is 19.5. The molecule has 0 radical (unpaired) electrons. The molecule has 1 aromatic carbocycles. The number of hydrogen-bond donors (Lipinski definition) is 2. The summed E-state index contributed by atoms with van der Waals surface area (Å²) in [6, 6.07) is 7.41. The van der Waals surface area contributed by atoms with E-state index >= 15 is 0 Å². The average Bonchev–Trinajstić information content (AvgIpc) is 3.14. The predicted molar refractivity (Wildman–Crippen MR) is 103 cm³/mol. The minimum absolute atomic E-state index is 0.0623. The van der Waals surface area contributed by atoms with Crippen LogP contribution < -0.4 is 5.32 Å². The number of alkyl halides is 2. The summed E-state index contributed by atoms with van der Waals surface area (Å²) in [6.45, 7) is 7.02. The molecule has 3 rings (SSSR count). The van der Waals surface area contributed by atoms with E-state index in [9.17, 15) is 13.9 Å². The lowest BCUT2D eigenvalue weighted by atomic mass is 9.75. The van der Waals surface area contributed by atoms with E-state index in [4.69, 9.17) is 0 Å². The lowest BCUT2D eigenvalue weighted by Crippen LogP contribution is -2.48. The predicted octanol–water partition coefficient (Wildman–Crippen LogP) is 4.33. The zero-order valence-electron chi connectivity index (χ0n) is 15.7. The van der Waals surface area contributed by atoms with E-state index in [1.54, 1.807) is 6.08 Å². The fourth-order valence-corrected chi connectivity index (χ4v) is 3.74. The van der Waals surface area contributed by atoms with Crippen LogP contribution in [0.5, 0.6) is 0 Å². The Morgan fingerprint density at radius 2 is 2.04 bits per heavy atom. The summed E-state index contributed by atoms with van der Waals surface area (Å²) in [5.41, 5.74) is 1.65. The molecule has 0 bridgehead atoms. The molecule has 1 heterocycles.